The van der Waals surface area contributed by atoms with E-state index in [0.29, 0.717) is 26.1 Å². The van der Waals surface area contributed by atoms with Crippen molar-refractivity contribution in [1.29, 1.82) is 0 Å². The zero-order valence-electron chi connectivity index (χ0n) is 13.8. The lowest BCUT2D eigenvalue weighted by Gasteiger charge is -2.38. The van der Waals surface area contributed by atoms with E-state index < -0.39 is 0 Å². The van der Waals surface area contributed by atoms with Crippen molar-refractivity contribution in [1.82, 2.24) is 20.5 Å². The van der Waals surface area contributed by atoms with Crippen LogP contribution >= 0.6 is 0 Å². The molecular formula is C17H24N4O2. The molecule has 3 rings (SSSR count). The molecule has 1 aromatic heterocycles. The van der Waals surface area contributed by atoms with E-state index in [2.05, 4.69) is 15.6 Å². The van der Waals surface area contributed by atoms with Crippen LogP contribution in [0.4, 0.5) is 4.79 Å². The maximum atomic E-state index is 12.3. The first-order valence-corrected chi connectivity index (χ1v) is 8.19. The summed E-state index contributed by atoms with van der Waals surface area (Å²) in [4.78, 5) is 29.9. The Balaban J connectivity index is 1.51. The van der Waals surface area contributed by atoms with Gasteiger partial charge in [-0.3, -0.25) is 9.78 Å². The number of rotatable bonds is 2. The van der Waals surface area contributed by atoms with Gasteiger partial charge in [-0.1, -0.05) is 0 Å². The molecule has 1 aromatic rings. The van der Waals surface area contributed by atoms with E-state index in [1.54, 1.807) is 0 Å². The van der Waals surface area contributed by atoms with Gasteiger partial charge in [0, 0.05) is 44.5 Å². The number of nitrogens with one attached hydrogen (secondary N) is 2. The van der Waals surface area contributed by atoms with Crippen molar-refractivity contribution in [3.05, 3.63) is 29.1 Å². The van der Waals surface area contributed by atoms with E-state index in [-0.39, 0.29) is 17.4 Å². The lowest BCUT2D eigenvalue weighted by Crippen LogP contribution is -2.47. The molecule has 3 amide bonds. The van der Waals surface area contributed by atoms with E-state index in [0.717, 1.165) is 36.2 Å². The summed E-state index contributed by atoms with van der Waals surface area (Å²) in [7, 11) is 0. The van der Waals surface area contributed by atoms with Crippen molar-refractivity contribution in [2.45, 2.75) is 39.7 Å². The van der Waals surface area contributed by atoms with Crippen LogP contribution in [0.1, 0.15) is 36.1 Å². The molecule has 124 valence electrons. The van der Waals surface area contributed by atoms with Gasteiger partial charge in [-0.15, -0.1) is 0 Å². The largest absolute Gasteiger partial charge is 0.356 e. The number of likely N-dealkylation sites (tertiary alicyclic amines) is 1. The van der Waals surface area contributed by atoms with Gasteiger partial charge in [0.05, 0.1) is 0 Å². The summed E-state index contributed by atoms with van der Waals surface area (Å²) in [6, 6.07) is 1.99. The number of nitrogens with zero attached hydrogens (tertiary/aromatic N) is 2. The first-order valence-electron chi connectivity index (χ1n) is 8.19. The van der Waals surface area contributed by atoms with Crippen LogP contribution in [0.25, 0.3) is 0 Å². The second kappa shape index (κ2) is 6.18. The molecule has 0 bridgehead atoms. The van der Waals surface area contributed by atoms with E-state index in [9.17, 15) is 9.59 Å². The van der Waals surface area contributed by atoms with Crippen LogP contribution in [0, 0.1) is 19.3 Å². The molecule has 2 N–H and O–H groups in total. The smallest absolute Gasteiger partial charge is 0.317 e. The van der Waals surface area contributed by atoms with Crippen LogP contribution in [0.3, 0.4) is 0 Å². The summed E-state index contributed by atoms with van der Waals surface area (Å²) in [6.45, 7) is 6.68. The van der Waals surface area contributed by atoms with E-state index in [1.165, 1.54) is 0 Å². The summed E-state index contributed by atoms with van der Waals surface area (Å²) in [5.41, 5.74) is 3.25. The van der Waals surface area contributed by atoms with Gasteiger partial charge in [-0.05, 0) is 49.3 Å². The fourth-order valence-corrected chi connectivity index (χ4v) is 3.48. The maximum Gasteiger partial charge on any atom is 0.317 e. The molecule has 23 heavy (non-hydrogen) atoms. The highest BCUT2D eigenvalue weighted by atomic mass is 16.2. The second-order valence-corrected chi connectivity index (χ2v) is 6.85. The van der Waals surface area contributed by atoms with Crippen molar-refractivity contribution >= 4 is 11.9 Å². The SMILES string of the molecule is Cc1cc(C)c(CNC(=O)N2CCC3(CC2)CNC(=O)C3)cn1. The maximum absolute atomic E-state index is 12.3. The summed E-state index contributed by atoms with van der Waals surface area (Å²) in [6.07, 6.45) is 4.22. The summed E-state index contributed by atoms with van der Waals surface area (Å²) in [5, 5.41) is 5.90. The zero-order valence-corrected chi connectivity index (χ0v) is 13.8. The molecule has 6 heteroatoms. The quantitative estimate of drug-likeness (QED) is 0.868. The minimum absolute atomic E-state index is 0.0305. The van der Waals surface area contributed by atoms with Crippen LogP contribution in [-0.4, -0.2) is 41.5 Å². The number of aromatic nitrogens is 1. The van der Waals surface area contributed by atoms with Gasteiger partial charge < -0.3 is 15.5 Å². The topological polar surface area (TPSA) is 74.3 Å². The fourth-order valence-electron chi connectivity index (χ4n) is 3.48. The van der Waals surface area contributed by atoms with Crippen molar-refractivity contribution in [2.75, 3.05) is 19.6 Å². The van der Waals surface area contributed by atoms with Crippen LogP contribution in [0.5, 0.6) is 0 Å². The number of piperidine rings is 1. The summed E-state index contributed by atoms with van der Waals surface area (Å²) in [5.74, 6) is 0.144. The average Bonchev–Trinajstić information content (AvgIpc) is 2.87. The number of hydrogen-bond acceptors (Lipinski definition) is 3. The molecule has 0 radical (unpaired) electrons. The van der Waals surface area contributed by atoms with Crippen LogP contribution in [-0.2, 0) is 11.3 Å². The minimum atomic E-state index is -0.0305. The lowest BCUT2D eigenvalue weighted by atomic mass is 9.78. The van der Waals surface area contributed by atoms with Crippen LogP contribution < -0.4 is 10.6 Å². The number of amides is 3. The van der Waals surface area contributed by atoms with Gasteiger partial charge in [-0.2, -0.15) is 0 Å². The summed E-state index contributed by atoms with van der Waals surface area (Å²) < 4.78 is 0. The van der Waals surface area contributed by atoms with Crippen molar-refractivity contribution in [2.24, 2.45) is 5.41 Å². The third-order valence-corrected chi connectivity index (χ3v) is 5.09. The lowest BCUT2D eigenvalue weighted by molar-refractivity contribution is -0.119. The highest BCUT2D eigenvalue weighted by Crippen LogP contribution is 2.37. The monoisotopic (exact) mass is 316 g/mol. The average molecular weight is 316 g/mol. The van der Waals surface area contributed by atoms with Gasteiger partial charge in [0.25, 0.3) is 0 Å². The van der Waals surface area contributed by atoms with Crippen molar-refractivity contribution < 1.29 is 9.59 Å². The first-order chi connectivity index (χ1) is 11.0. The Morgan fingerprint density at radius 3 is 2.74 bits per heavy atom. The molecule has 2 fully saturated rings. The first kappa shape index (κ1) is 15.8. The van der Waals surface area contributed by atoms with Crippen LogP contribution in [0.2, 0.25) is 0 Å². The third-order valence-electron chi connectivity index (χ3n) is 5.09. The number of carbonyl (C=O) groups is 2. The van der Waals surface area contributed by atoms with Crippen molar-refractivity contribution in [3.63, 3.8) is 0 Å². The predicted octanol–water partition coefficient (Wildman–Crippen LogP) is 1.51. The zero-order chi connectivity index (χ0) is 16.4. The number of aryl methyl sites for hydroxylation is 2. The normalized spacial score (nSPS) is 19.7. The molecule has 2 saturated heterocycles. The number of carbonyl (C=O) groups excluding carboxylic acids is 2. The Morgan fingerprint density at radius 2 is 2.13 bits per heavy atom. The third kappa shape index (κ3) is 3.46. The standard InChI is InChI=1S/C17H24N4O2/c1-12-7-13(2)18-9-14(12)10-19-16(23)21-5-3-17(4-6-21)8-15(22)20-11-17/h7,9H,3-6,8,10-11H2,1-2H3,(H,19,23)(H,20,22). The van der Waals surface area contributed by atoms with E-state index >= 15 is 0 Å². The molecule has 0 aliphatic carbocycles. The van der Waals surface area contributed by atoms with E-state index in [1.807, 2.05) is 31.0 Å². The Kier molecular flexibility index (Phi) is 4.24. The molecule has 1 spiro atoms. The molecule has 0 unspecified atom stereocenters. The van der Waals surface area contributed by atoms with Crippen molar-refractivity contribution in [3.8, 4) is 0 Å². The van der Waals surface area contributed by atoms with Gasteiger partial charge in [0.15, 0.2) is 0 Å². The van der Waals surface area contributed by atoms with Gasteiger partial charge >= 0.3 is 6.03 Å². The Hall–Kier alpha value is -2.11. The predicted molar refractivity (Wildman–Crippen MR) is 86.8 cm³/mol. The number of hydrogen-bond donors (Lipinski definition) is 2. The van der Waals surface area contributed by atoms with Gasteiger partial charge in [-0.25, -0.2) is 4.79 Å². The van der Waals surface area contributed by atoms with Gasteiger partial charge in [0.1, 0.15) is 0 Å². The molecule has 0 atom stereocenters. The highest BCUT2D eigenvalue weighted by molar-refractivity contribution is 5.79. The molecular weight excluding hydrogens is 292 g/mol. The fraction of sp³-hybridized carbons (Fsp3) is 0.588. The van der Waals surface area contributed by atoms with Crippen LogP contribution in [0.15, 0.2) is 12.3 Å². The Morgan fingerprint density at radius 1 is 1.39 bits per heavy atom. The highest BCUT2D eigenvalue weighted by Gasteiger charge is 2.41. The molecule has 2 aliphatic rings. The Bertz CT molecular complexity index is 621. The molecule has 6 nitrogen and oxygen atoms in total. The number of pyridine rings is 1. The molecule has 2 aliphatic heterocycles. The van der Waals surface area contributed by atoms with E-state index in [4.69, 9.17) is 0 Å². The molecule has 0 saturated carbocycles. The second-order valence-electron chi connectivity index (χ2n) is 6.85. The number of urea groups is 1. The Labute approximate surface area is 136 Å². The minimum Gasteiger partial charge on any atom is -0.356 e. The summed E-state index contributed by atoms with van der Waals surface area (Å²) >= 11 is 0. The molecule has 0 aromatic carbocycles. The van der Waals surface area contributed by atoms with Gasteiger partial charge in [0.2, 0.25) is 5.91 Å². The molecule has 3 heterocycles.